The van der Waals surface area contributed by atoms with E-state index < -0.39 is 8.07 Å². The molecule has 0 spiro atoms. The van der Waals surface area contributed by atoms with Gasteiger partial charge in [0.05, 0.1) is 16.7 Å². The van der Waals surface area contributed by atoms with E-state index in [1.165, 1.54) is 75.7 Å². The van der Waals surface area contributed by atoms with Crippen LogP contribution in [0.15, 0.2) is 303 Å². The van der Waals surface area contributed by atoms with E-state index in [0.717, 1.165) is 33.8 Å². The highest BCUT2D eigenvalue weighted by molar-refractivity contribution is 7.19. The smallest absolute Gasteiger partial charge is 0.179 e. The van der Waals surface area contributed by atoms with Crippen molar-refractivity contribution in [3.63, 3.8) is 0 Å². The summed E-state index contributed by atoms with van der Waals surface area (Å²) in [5.41, 5.74) is 13.8. The Morgan fingerprint density at radius 1 is 0.288 bits per heavy atom. The van der Waals surface area contributed by atoms with Crippen LogP contribution in [0.3, 0.4) is 0 Å². The fourth-order valence-corrected chi connectivity index (χ4v) is 16.2. The monoisotopic (exact) mass is 946 g/mol. The first kappa shape index (κ1) is 43.7. The Kier molecular flexibility index (Phi) is 11.3. The number of nitrogens with zero attached hydrogens (tertiary/aromatic N) is 2. The second kappa shape index (κ2) is 18.8. The molecule has 0 amide bonds. The van der Waals surface area contributed by atoms with Crippen LogP contribution in [0.1, 0.15) is 0 Å². The molecule has 1 heterocycles. The molecule has 1 aromatic heterocycles. The largest absolute Gasteiger partial charge is 0.310 e. The Morgan fingerprint density at radius 3 is 1.30 bits per heavy atom. The van der Waals surface area contributed by atoms with Gasteiger partial charge in [0.25, 0.3) is 0 Å². The van der Waals surface area contributed by atoms with Gasteiger partial charge in [-0.2, -0.15) is 0 Å². The zero-order valence-corrected chi connectivity index (χ0v) is 41.3. The van der Waals surface area contributed by atoms with Crippen molar-refractivity contribution < 1.29 is 0 Å². The molecule has 344 valence electrons. The van der Waals surface area contributed by atoms with E-state index in [1.54, 1.807) is 0 Å². The number of hydrogen-bond acceptors (Lipinski definition) is 1. The highest BCUT2D eigenvalue weighted by Crippen LogP contribution is 2.45. The van der Waals surface area contributed by atoms with Crippen molar-refractivity contribution >= 4 is 78.5 Å². The molecular weight excluding hydrogens is 897 g/mol. The molecule has 0 aliphatic heterocycles. The molecule has 0 saturated carbocycles. The third-order valence-electron chi connectivity index (χ3n) is 14.7. The van der Waals surface area contributed by atoms with Crippen molar-refractivity contribution in [1.29, 1.82) is 0 Å². The lowest BCUT2D eigenvalue weighted by atomic mass is 9.98. The summed E-state index contributed by atoms with van der Waals surface area (Å²) in [6.07, 6.45) is 0. The number of benzene rings is 12. The van der Waals surface area contributed by atoms with E-state index in [4.69, 9.17) is 0 Å². The molecule has 0 fully saturated rings. The Morgan fingerprint density at radius 2 is 0.726 bits per heavy atom. The SMILES string of the molecule is c1ccc(-c2cc(-c3ccccc3)cc(-n3c4ccccc4c4c(N(c5ccc(-c6cccc7ccccc67)cc5)c5ccc([Si](c6ccccc6)(c6ccccc6)c6ccccc6)cc5)cccc43)c2)cc1. The summed E-state index contributed by atoms with van der Waals surface area (Å²) in [6, 6.07) is 112. The first-order valence-electron chi connectivity index (χ1n) is 25.2. The van der Waals surface area contributed by atoms with Gasteiger partial charge in [0, 0.05) is 27.8 Å². The lowest BCUT2D eigenvalue weighted by molar-refractivity contribution is 1.18. The summed E-state index contributed by atoms with van der Waals surface area (Å²) < 4.78 is 2.47. The topological polar surface area (TPSA) is 8.17 Å². The van der Waals surface area contributed by atoms with Gasteiger partial charge in [-0.25, -0.2) is 0 Å². The Bertz CT molecular complexity index is 3880. The molecule has 2 nitrogen and oxygen atoms in total. The molecule has 13 aromatic rings. The Hall–Kier alpha value is -9.28. The highest BCUT2D eigenvalue weighted by Gasteiger charge is 2.41. The number of para-hydroxylation sites is 1. The summed E-state index contributed by atoms with van der Waals surface area (Å²) in [7, 11) is -2.78. The third kappa shape index (κ3) is 7.75. The van der Waals surface area contributed by atoms with Crippen molar-refractivity contribution in [3.8, 4) is 39.1 Å². The average molecular weight is 947 g/mol. The van der Waals surface area contributed by atoms with Crippen molar-refractivity contribution in [1.82, 2.24) is 4.57 Å². The van der Waals surface area contributed by atoms with Gasteiger partial charge in [0.1, 0.15) is 0 Å². The van der Waals surface area contributed by atoms with Crippen LogP contribution in [-0.2, 0) is 0 Å². The lowest BCUT2D eigenvalue weighted by Crippen LogP contribution is -2.74. The van der Waals surface area contributed by atoms with Gasteiger partial charge in [-0.15, -0.1) is 0 Å². The van der Waals surface area contributed by atoms with E-state index in [-0.39, 0.29) is 0 Å². The number of anilines is 3. The number of fused-ring (bicyclic) bond motifs is 4. The van der Waals surface area contributed by atoms with E-state index in [2.05, 4.69) is 313 Å². The first-order chi connectivity index (χ1) is 36.2. The number of aromatic nitrogens is 1. The molecule has 13 rings (SSSR count). The van der Waals surface area contributed by atoms with Crippen molar-refractivity contribution in [2.45, 2.75) is 0 Å². The molecule has 0 radical (unpaired) electrons. The Labute approximate surface area is 428 Å². The predicted molar refractivity (Wildman–Crippen MR) is 313 cm³/mol. The number of hydrogen-bond donors (Lipinski definition) is 0. The normalized spacial score (nSPS) is 11.6. The maximum atomic E-state index is 2.47. The lowest BCUT2D eigenvalue weighted by Gasteiger charge is -2.35. The molecule has 3 heteroatoms. The van der Waals surface area contributed by atoms with Crippen LogP contribution in [0.25, 0.3) is 71.6 Å². The molecule has 12 aromatic carbocycles. The summed E-state index contributed by atoms with van der Waals surface area (Å²) in [4.78, 5) is 2.47. The van der Waals surface area contributed by atoms with Gasteiger partial charge in [-0.05, 0) is 126 Å². The second-order valence-electron chi connectivity index (χ2n) is 18.8. The van der Waals surface area contributed by atoms with E-state index in [9.17, 15) is 0 Å². The standard InChI is InChI=1S/C70H50N2Si/c1-6-22-51(23-7-1)55-48-56(52-24-8-2-9-25-52)50-59(49-55)72-67-37-19-18-35-66(67)70-68(38-21-39-69(70)72)71(57-42-40-54(41-43-57)65-36-20-27-53-26-16-17-34-64(53)65)58-44-46-63(47-45-58)73(60-28-10-3-11-29-60,61-30-12-4-13-31-61)62-32-14-5-15-33-62/h1-50H. The maximum absolute atomic E-state index is 2.78. The van der Waals surface area contributed by atoms with Crippen LogP contribution in [0.5, 0.6) is 0 Å². The summed E-state index contributed by atoms with van der Waals surface area (Å²) in [5.74, 6) is 0. The van der Waals surface area contributed by atoms with Crippen molar-refractivity contribution in [3.05, 3.63) is 303 Å². The fraction of sp³-hybridized carbons (Fsp3) is 0. The van der Waals surface area contributed by atoms with Gasteiger partial charge in [-0.1, -0.05) is 243 Å². The quantitative estimate of drug-likeness (QED) is 0.0926. The van der Waals surface area contributed by atoms with Gasteiger partial charge < -0.3 is 9.47 Å². The minimum atomic E-state index is -2.78. The minimum Gasteiger partial charge on any atom is -0.310 e. The van der Waals surface area contributed by atoms with E-state index in [0.29, 0.717) is 0 Å². The van der Waals surface area contributed by atoms with Gasteiger partial charge in [0.15, 0.2) is 8.07 Å². The van der Waals surface area contributed by atoms with E-state index >= 15 is 0 Å². The fourth-order valence-electron chi connectivity index (χ4n) is 11.4. The summed E-state index contributed by atoms with van der Waals surface area (Å²) >= 11 is 0. The third-order valence-corrected chi connectivity index (χ3v) is 19.5. The van der Waals surface area contributed by atoms with Crippen molar-refractivity contribution in [2.24, 2.45) is 0 Å². The van der Waals surface area contributed by atoms with Gasteiger partial charge in [0.2, 0.25) is 0 Å². The molecular formula is C70H50N2Si. The molecule has 0 aliphatic rings. The van der Waals surface area contributed by atoms with E-state index in [1.807, 2.05) is 0 Å². The molecule has 0 saturated heterocycles. The zero-order valence-electron chi connectivity index (χ0n) is 40.3. The van der Waals surface area contributed by atoms with Gasteiger partial charge in [-0.3, -0.25) is 0 Å². The van der Waals surface area contributed by atoms with Crippen LogP contribution >= 0.6 is 0 Å². The maximum Gasteiger partial charge on any atom is 0.179 e. The number of rotatable bonds is 11. The molecule has 0 aliphatic carbocycles. The molecule has 0 unspecified atom stereocenters. The average Bonchev–Trinajstić information content (AvgIpc) is 3.82. The van der Waals surface area contributed by atoms with Crippen LogP contribution in [0.4, 0.5) is 17.1 Å². The molecule has 0 N–H and O–H groups in total. The van der Waals surface area contributed by atoms with Crippen LogP contribution in [-0.4, -0.2) is 12.6 Å². The zero-order chi connectivity index (χ0) is 48.6. The minimum absolute atomic E-state index is 1.08. The highest BCUT2D eigenvalue weighted by atomic mass is 28.3. The summed E-state index contributed by atoms with van der Waals surface area (Å²) in [6.45, 7) is 0. The van der Waals surface area contributed by atoms with Crippen LogP contribution < -0.4 is 25.6 Å². The molecule has 73 heavy (non-hydrogen) atoms. The molecule has 0 bridgehead atoms. The van der Waals surface area contributed by atoms with Crippen LogP contribution in [0.2, 0.25) is 0 Å². The summed E-state index contributed by atoms with van der Waals surface area (Å²) in [5, 5.41) is 10.2. The first-order valence-corrected chi connectivity index (χ1v) is 27.2. The predicted octanol–water partition coefficient (Wildman–Crippen LogP) is 15.8. The second-order valence-corrected chi connectivity index (χ2v) is 22.6. The van der Waals surface area contributed by atoms with Crippen molar-refractivity contribution in [2.75, 3.05) is 4.90 Å². The molecule has 0 atom stereocenters. The Balaban J connectivity index is 1.04. The van der Waals surface area contributed by atoms with Gasteiger partial charge >= 0.3 is 0 Å². The van der Waals surface area contributed by atoms with Crippen LogP contribution in [0, 0.1) is 0 Å².